The molecule has 3 rings (SSSR count). The Morgan fingerprint density at radius 1 is 1.38 bits per heavy atom. The number of halogens is 2. The van der Waals surface area contributed by atoms with E-state index < -0.39 is 5.82 Å². The largest absolute Gasteiger partial charge is 0.492 e. The standard InChI is InChI=1S/C17H18ClFN4O/c1-4-15(12-9-21-22(2)10-12)23-6-5-20-17(23)11-7-13(18)16(24-3)14(19)8-11/h5-10,15H,4H2,1-3H3/t15-/m0/s1. The van der Waals surface area contributed by atoms with E-state index in [1.54, 1.807) is 16.9 Å². The Morgan fingerprint density at radius 3 is 2.75 bits per heavy atom. The minimum Gasteiger partial charge on any atom is -0.492 e. The smallest absolute Gasteiger partial charge is 0.173 e. The van der Waals surface area contributed by atoms with Crippen molar-refractivity contribution in [1.82, 2.24) is 19.3 Å². The highest BCUT2D eigenvalue weighted by Gasteiger charge is 2.19. The fourth-order valence-corrected chi connectivity index (χ4v) is 3.16. The number of rotatable bonds is 5. The molecule has 7 heteroatoms. The van der Waals surface area contributed by atoms with Crippen LogP contribution in [0, 0.1) is 5.82 Å². The first-order valence-corrected chi connectivity index (χ1v) is 7.97. The van der Waals surface area contributed by atoms with Gasteiger partial charge in [0.15, 0.2) is 11.6 Å². The van der Waals surface area contributed by atoms with E-state index in [2.05, 4.69) is 17.0 Å². The molecule has 2 heterocycles. The summed E-state index contributed by atoms with van der Waals surface area (Å²) in [6.45, 7) is 2.09. The van der Waals surface area contributed by atoms with Crippen molar-refractivity contribution in [2.45, 2.75) is 19.4 Å². The van der Waals surface area contributed by atoms with Crippen LogP contribution in [0.5, 0.6) is 5.75 Å². The van der Waals surface area contributed by atoms with Crippen LogP contribution >= 0.6 is 11.6 Å². The van der Waals surface area contributed by atoms with Gasteiger partial charge in [-0.05, 0) is 18.6 Å². The van der Waals surface area contributed by atoms with Crippen LogP contribution in [0.4, 0.5) is 4.39 Å². The first kappa shape index (κ1) is 16.5. The third kappa shape index (κ3) is 2.89. The predicted octanol–water partition coefficient (Wildman–Crippen LogP) is 4.08. The fourth-order valence-electron chi connectivity index (χ4n) is 2.88. The van der Waals surface area contributed by atoms with Gasteiger partial charge < -0.3 is 9.30 Å². The molecule has 126 valence electrons. The number of hydrogen-bond acceptors (Lipinski definition) is 3. The highest BCUT2D eigenvalue weighted by Crippen LogP contribution is 2.34. The van der Waals surface area contributed by atoms with Crippen molar-refractivity contribution in [3.05, 3.63) is 53.3 Å². The van der Waals surface area contributed by atoms with Crippen LogP contribution in [0.25, 0.3) is 11.4 Å². The molecular formula is C17H18ClFN4O. The van der Waals surface area contributed by atoms with Crippen molar-refractivity contribution in [1.29, 1.82) is 0 Å². The number of nitrogens with zero attached hydrogens (tertiary/aromatic N) is 4. The summed E-state index contributed by atoms with van der Waals surface area (Å²) >= 11 is 6.12. The lowest BCUT2D eigenvalue weighted by Gasteiger charge is -2.18. The molecule has 0 fully saturated rings. The minimum absolute atomic E-state index is 0.0397. The topological polar surface area (TPSA) is 44.9 Å². The molecule has 5 nitrogen and oxygen atoms in total. The summed E-state index contributed by atoms with van der Waals surface area (Å²) in [5.74, 6) is 0.177. The molecule has 1 aromatic carbocycles. The minimum atomic E-state index is -0.510. The Kier molecular flexibility index (Phi) is 4.57. The second kappa shape index (κ2) is 6.65. The average molecular weight is 349 g/mol. The third-order valence-electron chi connectivity index (χ3n) is 3.96. The molecule has 0 bridgehead atoms. The number of imidazole rings is 1. The summed E-state index contributed by atoms with van der Waals surface area (Å²) in [6.07, 6.45) is 8.23. The van der Waals surface area contributed by atoms with E-state index in [4.69, 9.17) is 16.3 Å². The van der Waals surface area contributed by atoms with Crippen molar-refractivity contribution in [3.8, 4) is 17.1 Å². The molecule has 0 radical (unpaired) electrons. The first-order valence-electron chi connectivity index (χ1n) is 7.60. The van der Waals surface area contributed by atoms with E-state index in [-0.39, 0.29) is 16.8 Å². The van der Waals surface area contributed by atoms with Gasteiger partial charge in [-0.1, -0.05) is 18.5 Å². The van der Waals surface area contributed by atoms with E-state index >= 15 is 0 Å². The monoisotopic (exact) mass is 348 g/mol. The number of aromatic nitrogens is 4. The summed E-state index contributed by atoms with van der Waals surface area (Å²) in [5, 5.41) is 4.45. The van der Waals surface area contributed by atoms with Gasteiger partial charge in [-0.15, -0.1) is 0 Å². The fraction of sp³-hybridized carbons (Fsp3) is 0.294. The molecule has 0 N–H and O–H groups in total. The van der Waals surface area contributed by atoms with Crippen molar-refractivity contribution >= 4 is 11.6 Å². The maximum absolute atomic E-state index is 14.2. The molecule has 24 heavy (non-hydrogen) atoms. The van der Waals surface area contributed by atoms with E-state index in [9.17, 15) is 4.39 Å². The Hall–Kier alpha value is -2.34. The van der Waals surface area contributed by atoms with Crippen LogP contribution in [-0.4, -0.2) is 26.4 Å². The van der Waals surface area contributed by atoms with Gasteiger partial charge in [-0.25, -0.2) is 9.37 Å². The Balaban J connectivity index is 2.07. The lowest BCUT2D eigenvalue weighted by molar-refractivity contribution is 0.387. The Morgan fingerprint density at radius 2 is 2.17 bits per heavy atom. The molecule has 2 aromatic heterocycles. The van der Waals surface area contributed by atoms with Gasteiger partial charge in [0.05, 0.1) is 24.4 Å². The summed E-state index contributed by atoms with van der Waals surface area (Å²) in [7, 11) is 3.27. The Bertz CT molecular complexity index is 835. The third-order valence-corrected chi connectivity index (χ3v) is 4.24. The van der Waals surface area contributed by atoms with E-state index in [0.717, 1.165) is 12.0 Å². The first-order chi connectivity index (χ1) is 11.5. The van der Waals surface area contributed by atoms with Gasteiger partial charge in [-0.2, -0.15) is 5.10 Å². The SMILES string of the molecule is CC[C@@H](c1cnn(C)c1)n1ccnc1-c1cc(F)c(OC)c(Cl)c1. The maximum Gasteiger partial charge on any atom is 0.173 e. The summed E-state index contributed by atoms with van der Waals surface area (Å²) in [4.78, 5) is 4.39. The second-order valence-corrected chi connectivity index (χ2v) is 5.91. The van der Waals surface area contributed by atoms with Gasteiger partial charge in [0.25, 0.3) is 0 Å². The molecule has 0 amide bonds. The van der Waals surface area contributed by atoms with Crippen LogP contribution < -0.4 is 4.74 Å². The van der Waals surface area contributed by atoms with Crippen molar-refractivity contribution < 1.29 is 9.13 Å². The lowest BCUT2D eigenvalue weighted by atomic mass is 10.1. The van der Waals surface area contributed by atoms with E-state index in [1.165, 1.54) is 13.2 Å². The molecule has 0 aliphatic rings. The van der Waals surface area contributed by atoms with Crippen molar-refractivity contribution in [3.63, 3.8) is 0 Å². The molecule has 1 atom stereocenters. The molecule has 0 saturated heterocycles. The predicted molar refractivity (Wildman–Crippen MR) is 90.8 cm³/mol. The zero-order valence-electron chi connectivity index (χ0n) is 13.7. The molecule has 3 aromatic rings. The van der Waals surface area contributed by atoms with Gasteiger partial charge in [0.2, 0.25) is 0 Å². The number of benzene rings is 1. The van der Waals surface area contributed by atoms with Crippen molar-refractivity contribution in [2.24, 2.45) is 7.05 Å². The second-order valence-electron chi connectivity index (χ2n) is 5.50. The van der Waals surface area contributed by atoms with Crippen LogP contribution in [0.2, 0.25) is 5.02 Å². The summed E-state index contributed by atoms with van der Waals surface area (Å²) in [5.41, 5.74) is 1.67. The molecule has 0 unspecified atom stereocenters. The zero-order valence-corrected chi connectivity index (χ0v) is 14.5. The van der Waals surface area contributed by atoms with Gasteiger partial charge in [0.1, 0.15) is 5.82 Å². The lowest BCUT2D eigenvalue weighted by Crippen LogP contribution is -2.10. The molecule has 0 saturated carbocycles. The van der Waals surface area contributed by atoms with Crippen LogP contribution in [0.3, 0.4) is 0 Å². The molecule has 0 aliphatic heterocycles. The van der Waals surface area contributed by atoms with Crippen LogP contribution in [-0.2, 0) is 7.05 Å². The van der Waals surface area contributed by atoms with Crippen LogP contribution in [0.15, 0.2) is 36.9 Å². The number of ether oxygens (including phenoxy) is 1. The summed E-state index contributed by atoms with van der Waals surface area (Å²) in [6, 6.07) is 3.11. The normalized spacial score (nSPS) is 12.4. The van der Waals surface area contributed by atoms with Crippen molar-refractivity contribution in [2.75, 3.05) is 7.11 Å². The van der Waals surface area contributed by atoms with E-state index in [0.29, 0.717) is 11.4 Å². The molecule has 0 spiro atoms. The number of hydrogen-bond donors (Lipinski definition) is 0. The van der Waals surface area contributed by atoms with Crippen LogP contribution in [0.1, 0.15) is 24.9 Å². The summed E-state index contributed by atoms with van der Waals surface area (Å²) < 4.78 is 22.9. The average Bonchev–Trinajstić information content (AvgIpc) is 3.18. The quantitative estimate of drug-likeness (QED) is 0.697. The number of aryl methyl sites for hydroxylation is 1. The van der Waals surface area contributed by atoms with Gasteiger partial charge >= 0.3 is 0 Å². The number of methoxy groups -OCH3 is 1. The molecule has 0 aliphatic carbocycles. The van der Waals surface area contributed by atoms with E-state index in [1.807, 2.05) is 30.2 Å². The van der Waals surface area contributed by atoms with Gasteiger partial charge in [0, 0.05) is 36.8 Å². The maximum atomic E-state index is 14.2. The highest BCUT2D eigenvalue weighted by molar-refractivity contribution is 6.32. The zero-order chi connectivity index (χ0) is 17.3. The van der Waals surface area contributed by atoms with Gasteiger partial charge in [-0.3, -0.25) is 4.68 Å². The highest BCUT2D eigenvalue weighted by atomic mass is 35.5. The Labute approximate surface area is 144 Å². The molecular weight excluding hydrogens is 331 g/mol.